The Balaban J connectivity index is 2.06. The van der Waals surface area contributed by atoms with Crippen molar-refractivity contribution < 1.29 is 9.59 Å². The maximum Gasteiger partial charge on any atom is 0.221 e. The van der Waals surface area contributed by atoms with Crippen LogP contribution in [-0.2, 0) is 4.79 Å². The van der Waals surface area contributed by atoms with Crippen molar-refractivity contribution in [3.8, 4) is 0 Å². The van der Waals surface area contributed by atoms with Gasteiger partial charge in [0, 0.05) is 43.2 Å². The summed E-state index contributed by atoms with van der Waals surface area (Å²) in [5.41, 5.74) is 1.75. The lowest BCUT2D eigenvalue weighted by Gasteiger charge is -2.24. The minimum Gasteiger partial charge on any atom is -0.370 e. The number of fused-ring (bicyclic) bond motifs is 1. The van der Waals surface area contributed by atoms with Crippen LogP contribution in [0.2, 0.25) is 0 Å². The molecule has 0 spiro atoms. The van der Waals surface area contributed by atoms with Gasteiger partial charge in [-0.15, -0.1) is 0 Å². The van der Waals surface area contributed by atoms with E-state index in [4.69, 9.17) is 0 Å². The Morgan fingerprint density at radius 3 is 2.85 bits per heavy atom. The maximum atomic E-state index is 12.0. The molecule has 0 bridgehead atoms. The summed E-state index contributed by atoms with van der Waals surface area (Å²) in [5, 5.41) is 2.90. The van der Waals surface area contributed by atoms with Gasteiger partial charge in [-0.3, -0.25) is 9.59 Å². The summed E-state index contributed by atoms with van der Waals surface area (Å²) in [4.78, 5) is 25.9. The standard InChI is InChI=1S/C16H22N2O2/c1-12(2)17-16(20)9-11-18-10-5-8-15(19)13-6-3-4-7-14(13)18/h3-4,6-7,12H,5,8-11H2,1-2H3,(H,17,20). The smallest absolute Gasteiger partial charge is 0.221 e. The van der Waals surface area contributed by atoms with Gasteiger partial charge in [0.05, 0.1) is 0 Å². The van der Waals surface area contributed by atoms with E-state index in [9.17, 15) is 9.59 Å². The number of amides is 1. The zero-order valence-corrected chi connectivity index (χ0v) is 12.2. The molecule has 0 aromatic heterocycles. The second-order valence-corrected chi connectivity index (χ2v) is 5.50. The van der Waals surface area contributed by atoms with Gasteiger partial charge in [-0.1, -0.05) is 12.1 Å². The molecule has 2 rings (SSSR count). The third-order valence-corrected chi connectivity index (χ3v) is 3.44. The molecule has 4 heteroatoms. The normalized spacial score (nSPS) is 14.9. The molecule has 1 aromatic rings. The largest absolute Gasteiger partial charge is 0.370 e. The van der Waals surface area contributed by atoms with Crippen molar-refractivity contribution in [3.63, 3.8) is 0 Å². The summed E-state index contributed by atoms with van der Waals surface area (Å²) in [5.74, 6) is 0.266. The van der Waals surface area contributed by atoms with E-state index in [1.54, 1.807) is 0 Å². The van der Waals surface area contributed by atoms with Crippen LogP contribution in [0.5, 0.6) is 0 Å². The molecular formula is C16H22N2O2. The average molecular weight is 274 g/mol. The highest BCUT2D eigenvalue weighted by atomic mass is 16.1. The molecule has 0 saturated heterocycles. The molecule has 0 fully saturated rings. The van der Waals surface area contributed by atoms with Gasteiger partial charge in [-0.05, 0) is 32.4 Å². The van der Waals surface area contributed by atoms with E-state index in [-0.39, 0.29) is 17.7 Å². The second kappa shape index (κ2) is 6.55. The van der Waals surface area contributed by atoms with Crippen molar-refractivity contribution in [2.24, 2.45) is 0 Å². The van der Waals surface area contributed by atoms with Crippen LogP contribution < -0.4 is 10.2 Å². The van der Waals surface area contributed by atoms with Crippen molar-refractivity contribution >= 4 is 17.4 Å². The molecule has 1 amide bonds. The van der Waals surface area contributed by atoms with Gasteiger partial charge in [-0.2, -0.15) is 0 Å². The molecule has 1 heterocycles. The first kappa shape index (κ1) is 14.6. The van der Waals surface area contributed by atoms with Crippen LogP contribution in [0.1, 0.15) is 43.5 Å². The molecule has 1 N–H and O–H groups in total. The second-order valence-electron chi connectivity index (χ2n) is 5.50. The van der Waals surface area contributed by atoms with Crippen molar-refractivity contribution in [3.05, 3.63) is 29.8 Å². The third-order valence-electron chi connectivity index (χ3n) is 3.44. The minimum atomic E-state index is 0.0630. The average Bonchev–Trinajstić information content (AvgIpc) is 2.56. The Hall–Kier alpha value is -1.84. The topological polar surface area (TPSA) is 49.4 Å². The van der Waals surface area contributed by atoms with Crippen LogP contribution in [0, 0.1) is 0 Å². The highest BCUT2D eigenvalue weighted by Crippen LogP contribution is 2.26. The van der Waals surface area contributed by atoms with E-state index < -0.39 is 0 Å². The predicted molar refractivity (Wildman–Crippen MR) is 80.1 cm³/mol. The van der Waals surface area contributed by atoms with Gasteiger partial charge in [-0.25, -0.2) is 0 Å². The van der Waals surface area contributed by atoms with Gasteiger partial charge >= 0.3 is 0 Å². The van der Waals surface area contributed by atoms with E-state index in [0.29, 0.717) is 19.4 Å². The fourth-order valence-corrected chi connectivity index (χ4v) is 2.53. The molecule has 4 nitrogen and oxygen atoms in total. The van der Waals surface area contributed by atoms with E-state index in [0.717, 1.165) is 24.2 Å². The monoisotopic (exact) mass is 274 g/mol. The van der Waals surface area contributed by atoms with Gasteiger partial charge in [0.1, 0.15) is 0 Å². The highest BCUT2D eigenvalue weighted by Gasteiger charge is 2.20. The SMILES string of the molecule is CC(C)NC(=O)CCN1CCCC(=O)c2ccccc21. The fourth-order valence-electron chi connectivity index (χ4n) is 2.53. The highest BCUT2D eigenvalue weighted by molar-refractivity contribution is 6.02. The number of Topliss-reactive ketones (excluding diaryl/α,β-unsaturated/α-hetero) is 1. The molecule has 0 radical (unpaired) electrons. The van der Waals surface area contributed by atoms with Crippen molar-refractivity contribution in [1.29, 1.82) is 0 Å². The number of ketones is 1. The Labute approximate surface area is 120 Å². The molecule has 108 valence electrons. The predicted octanol–water partition coefficient (Wildman–Crippen LogP) is 2.38. The molecule has 20 heavy (non-hydrogen) atoms. The Morgan fingerprint density at radius 1 is 1.35 bits per heavy atom. The number of hydrogen-bond donors (Lipinski definition) is 1. The van der Waals surface area contributed by atoms with Crippen LogP contribution in [0.3, 0.4) is 0 Å². The van der Waals surface area contributed by atoms with Crippen molar-refractivity contribution in [2.75, 3.05) is 18.0 Å². The number of benzene rings is 1. The summed E-state index contributed by atoms with van der Waals surface area (Å²) in [6.45, 7) is 5.40. The lowest BCUT2D eigenvalue weighted by atomic mass is 10.1. The first-order valence-electron chi connectivity index (χ1n) is 7.24. The van der Waals surface area contributed by atoms with E-state index in [1.165, 1.54) is 0 Å². The quantitative estimate of drug-likeness (QED) is 0.917. The zero-order chi connectivity index (χ0) is 14.5. The molecule has 0 atom stereocenters. The fraction of sp³-hybridized carbons (Fsp3) is 0.500. The number of nitrogens with zero attached hydrogens (tertiary/aromatic N) is 1. The molecule has 0 aliphatic carbocycles. The number of rotatable bonds is 4. The Bertz CT molecular complexity index is 497. The number of para-hydroxylation sites is 1. The third kappa shape index (κ3) is 3.59. The molecular weight excluding hydrogens is 252 g/mol. The van der Waals surface area contributed by atoms with E-state index in [2.05, 4.69) is 10.2 Å². The van der Waals surface area contributed by atoms with E-state index in [1.807, 2.05) is 38.1 Å². The van der Waals surface area contributed by atoms with E-state index >= 15 is 0 Å². The van der Waals surface area contributed by atoms with Crippen LogP contribution in [-0.4, -0.2) is 30.8 Å². The number of carbonyl (C=O) groups is 2. The van der Waals surface area contributed by atoms with Crippen LogP contribution in [0.4, 0.5) is 5.69 Å². The van der Waals surface area contributed by atoms with Crippen LogP contribution in [0.25, 0.3) is 0 Å². The van der Waals surface area contributed by atoms with Gasteiger partial charge < -0.3 is 10.2 Å². The maximum absolute atomic E-state index is 12.0. The molecule has 0 unspecified atom stereocenters. The summed E-state index contributed by atoms with van der Waals surface area (Å²) < 4.78 is 0. The number of hydrogen-bond acceptors (Lipinski definition) is 3. The van der Waals surface area contributed by atoms with Crippen molar-refractivity contribution in [2.45, 2.75) is 39.2 Å². The molecule has 0 saturated carbocycles. The summed E-state index contributed by atoms with van der Waals surface area (Å²) in [7, 11) is 0. The van der Waals surface area contributed by atoms with Crippen molar-refractivity contribution in [1.82, 2.24) is 5.32 Å². The Morgan fingerprint density at radius 2 is 2.10 bits per heavy atom. The lowest BCUT2D eigenvalue weighted by Crippen LogP contribution is -2.34. The number of carbonyl (C=O) groups excluding carboxylic acids is 2. The number of anilines is 1. The van der Waals surface area contributed by atoms with Gasteiger partial charge in [0.2, 0.25) is 5.91 Å². The molecule has 1 aliphatic heterocycles. The summed E-state index contributed by atoms with van der Waals surface area (Å²) >= 11 is 0. The molecule has 1 aliphatic rings. The van der Waals surface area contributed by atoms with Gasteiger partial charge in [0.15, 0.2) is 5.78 Å². The van der Waals surface area contributed by atoms with Gasteiger partial charge in [0.25, 0.3) is 0 Å². The first-order valence-corrected chi connectivity index (χ1v) is 7.24. The number of nitrogens with one attached hydrogen (secondary N) is 1. The Kier molecular flexibility index (Phi) is 4.77. The lowest BCUT2D eigenvalue weighted by molar-refractivity contribution is -0.121. The van der Waals surface area contributed by atoms with Crippen LogP contribution >= 0.6 is 0 Å². The first-order chi connectivity index (χ1) is 9.58. The molecule has 1 aromatic carbocycles. The van der Waals surface area contributed by atoms with Crippen LogP contribution in [0.15, 0.2) is 24.3 Å². The summed E-state index contributed by atoms with van der Waals surface area (Å²) in [6.07, 6.45) is 1.89. The minimum absolute atomic E-state index is 0.0630. The zero-order valence-electron chi connectivity index (χ0n) is 12.2. The summed E-state index contributed by atoms with van der Waals surface area (Å²) in [6, 6.07) is 7.86.